The Hall–Kier alpha value is -1.88. The lowest BCUT2D eigenvalue weighted by Gasteiger charge is -2.30. The van der Waals surface area contributed by atoms with Gasteiger partial charge >= 0.3 is 5.97 Å². The number of carboxylic acid groups (broad SMARTS) is 1. The first-order valence-corrected chi connectivity index (χ1v) is 8.05. The number of hydrogen-bond acceptors (Lipinski definition) is 3. The highest BCUT2D eigenvalue weighted by Gasteiger charge is 2.33. The zero-order valence-corrected chi connectivity index (χ0v) is 13.7. The molecule has 0 radical (unpaired) electrons. The van der Waals surface area contributed by atoms with Gasteiger partial charge in [-0.05, 0) is 23.8 Å². The van der Waals surface area contributed by atoms with E-state index < -0.39 is 12.0 Å². The molecule has 2 N–H and O–H groups in total. The van der Waals surface area contributed by atoms with E-state index in [0.29, 0.717) is 13.2 Å². The van der Waals surface area contributed by atoms with Crippen molar-refractivity contribution in [3.63, 3.8) is 0 Å². The van der Waals surface area contributed by atoms with Gasteiger partial charge in [0.25, 0.3) is 0 Å². The summed E-state index contributed by atoms with van der Waals surface area (Å²) in [6.45, 7) is 5.03. The predicted molar refractivity (Wildman–Crippen MR) is 87.2 cm³/mol. The van der Waals surface area contributed by atoms with Gasteiger partial charge in [-0.1, -0.05) is 44.2 Å². The standard InChI is InChI=1S/C18H25NO4/c1-18(2,14-8-4-3-5-9-14)11-15(20)19-16(17(21)22)13-7-6-10-23-12-13/h3-5,8-9,13,16H,6-7,10-12H2,1-2H3,(H,19,20)(H,21,22). The second-order valence-corrected chi connectivity index (χ2v) is 6.79. The van der Waals surface area contributed by atoms with Gasteiger partial charge < -0.3 is 15.2 Å². The van der Waals surface area contributed by atoms with Crippen LogP contribution < -0.4 is 5.32 Å². The van der Waals surface area contributed by atoms with Crippen LogP contribution in [0.1, 0.15) is 38.7 Å². The monoisotopic (exact) mass is 319 g/mol. The molecule has 1 aliphatic rings. The van der Waals surface area contributed by atoms with Crippen molar-refractivity contribution in [2.45, 2.75) is 44.6 Å². The molecule has 0 bridgehead atoms. The van der Waals surface area contributed by atoms with Crippen LogP contribution in [0.15, 0.2) is 30.3 Å². The molecule has 2 unspecified atom stereocenters. The van der Waals surface area contributed by atoms with Gasteiger partial charge in [0.05, 0.1) is 6.61 Å². The lowest BCUT2D eigenvalue weighted by Crippen LogP contribution is -2.49. The van der Waals surface area contributed by atoms with Crippen LogP contribution in [-0.2, 0) is 19.7 Å². The first kappa shape index (κ1) is 17.5. The summed E-state index contributed by atoms with van der Waals surface area (Å²) in [7, 11) is 0. The molecule has 0 spiro atoms. The Balaban J connectivity index is 2.00. The van der Waals surface area contributed by atoms with Crippen molar-refractivity contribution in [3.05, 3.63) is 35.9 Å². The molecule has 126 valence electrons. The summed E-state index contributed by atoms with van der Waals surface area (Å²) in [4.78, 5) is 23.9. The largest absolute Gasteiger partial charge is 0.480 e. The molecule has 1 heterocycles. The van der Waals surface area contributed by atoms with Crippen LogP contribution in [0.3, 0.4) is 0 Å². The molecule has 1 fully saturated rings. The quantitative estimate of drug-likeness (QED) is 0.844. The number of aliphatic carboxylic acids is 1. The molecule has 1 aromatic rings. The molecule has 0 aromatic heterocycles. The number of ether oxygens (including phenoxy) is 1. The molecular weight excluding hydrogens is 294 g/mol. The third-order valence-corrected chi connectivity index (χ3v) is 4.41. The van der Waals surface area contributed by atoms with Gasteiger partial charge in [0.15, 0.2) is 0 Å². The topological polar surface area (TPSA) is 75.6 Å². The Labute approximate surface area is 137 Å². The summed E-state index contributed by atoms with van der Waals surface area (Å²) in [6, 6.07) is 8.90. The third-order valence-electron chi connectivity index (χ3n) is 4.41. The molecule has 23 heavy (non-hydrogen) atoms. The Bertz CT molecular complexity index is 535. The summed E-state index contributed by atoms with van der Waals surface area (Å²) in [5, 5.41) is 12.1. The van der Waals surface area contributed by atoms with Crippen LogP contribution in [0, 0.1) is 5.92 Å². The van der Waals surface area contributed by atoms with Crippen LogP contribution >= 0.6 is 0 Å². The zero-order chi connectivity index (χ0) is 16.9. The molecule has 2 rings (SSSR count). The highest BCUT2D eigenvalue weighted by Crippen LogP contribution is 2.27. The van der Waals surface area contributed by atoms with Crippen molar-refractivity contribution in [1.82, 2.24) is 5.32 Å². The Morgan fingerprint density at radius 3 is 2.61 bits per heavy atom. The number of benzene rings is 1. The number of carbonyl (C=O) groups is 2. The zero-order valence-electron chi connectivity index (χ0n) is 13.7. The molecule has 1 aromatic carbocycles. The number of carbonyl (C=O) groups excluding carboxylic acids is 1. The van der Waals surface area contributed by atoms with Gasteiger partial charge in [0.1, 0.15) is 6.04 Å². The average Bonchev–Trinajstić information content (AvgIpc) is 2.53. The fourth-order valence-corrected chi connectivity index (χ4v) is 3.03. The highest BCUT2D eigenvalue weighted by atomic mass is 16.5. The van der Waals surface area contributed by atoms with E-state index in [0.717, 1.165) is 18.4 Å². The number of nitrogens with one attached hydrogen (secondary N) is 1. The van der Waals surface area contributed by atoms with Crippen molar-refractivity contribution in [2.24, 2.45) is 5.92 Å². The first-order chi connectivity index (χ1) is 10.9. The van der Waals surface area contributed by atoms with Crippen LogP contribution in [0.4, 0.5) is 0 Å². The number of amides is 1. The third kappa shape index (κ3) is 4.79. The fourth-order valence-electron chi connectivity index (χ4n) is 3.03. The summed E-state index contributed by atoms with van der Waals surface area (Å²) in [6.07, 6.45) is 1.84. The smallest absolute Gasteiger partial charge is 0.326 e. The molecule has 0 aliphatic carbocycles. The number of hydrogen-bond donors (Lipinski definition) is 2. The minimum absolute atomic E-state index is 0.162. The lowest BCUT2D eigenvalue weighted by atomic mass is 9.81. The molecule has 1 saturated heterocycles. The minimum atomic E-state index is -0.994. The van der Waals surface area contributed by atoms with E-state index in [1.54, 1.807) is 0 Å². The first-order valence-electron chi connectivity index (χ1n) is 8.05. The van der Waals surface area contributed by atoms with E-state index in [1.165, 1.54) is 0 Å². The number of rotatable bonds is 6. The Kier molecular flexibility index (Phi) is 5.77. The molecular formula is C18H25NO4. The molecule has 1 amide bonds. The molecule has 1 aliphatic heterocycles. The van der Waals surface area contributed by atoms with Crippen molar-refractivity contribution in [1.29, 1.82) is 0 Å². The lowest BCUT2D eigenvalue weighted by molar-refractivity contribution is -0.145. The second kappa shape index (κ2) is 7.59. The van der Waals surface area contributed by atoms with E-state index in [-0.39, 0.29) is 23.7 Å². The van der Waals surface area contributed by atoms with Gasteiger partial charge in [0, 0.05) is 18.9 Å². The van der Waals surface area contributed by atoms with E-state index >= 15 is 0 Å². The summed E-state index contributed by atoms with van der Waals surface area (Å²) in [5.41, 5.74) is 0.709. The minimum Gasteiger partial charge on any atom is -0.480 e. The van der Waals surface area contributed by atoms with Crippen molar-refractivity contribution in [3.8, 4) is 0 Å². The normalized spacial score (nSPS) is 19.8. The van der Waals surface area contributed by atoms with E-state index in [2.05, 4.69) is 5.32 Å². The van der Waals surface area contributed by atoms with Crippen LogP contribution in [0.5, 0.6) is 0 Å². The van der Waals surface area contributed by atoms with E-state index in [4.69, 9.17) is 4.74 Å². The molecule has 0 saturated carbocycles. The fraction of sp³-hybridized carbons (Fsp3) is 0.556. The van der Waals surface area contributed by atoms with Gasteiger partial charge in [-0.2, -0.15) is 0 Å². The van der Waals surface area contributed by atoms with Gasteiger partial charge in [-0.25, -0.2) is 4.79 Å². The van der Waals surface area contributed by atoms with Gasteiger partial charge in [-0.15, -0.1) is 0 Å². The summed E-state index contributed by atoms with van der Waals surface area (Å²) >= 11 is 0. The maximum atomic E-state index is 12.4. The van der Waals surface area contributed by atoms with E-state index in [1.807, 2.05) is 44.2 Å². The van der Waals surface area contributed by atoms with Gasteiger partial charge in [0.2, 0.25) is 5.91 Å². The predicted octanol–water partition coefficient (Wildman–Crippen LogP) is 2.35. The molecule has 2 atom stereocenters. The Morgan fingerprint density at radius 1 is 1.35 bits per heavy atom. The molecule has 5 heteroatoms. The Morgan fingerprint density at radius 2 is 2.04 bits per heavy atom. The summed E-state index contributed by atoms with van der Waals surface area (Å²) < 4.78 is 5.35. The second-order valence-electron chi connectivity index (χ2n) is 6.79. The van der Waals surface area contributed by atoms with Crippen molar-refractivity contribution < 1.29 is 19.4 Å². The molecule has 5 nitrogen and oxygen atoms in total. The van der Waals surface area contributed by atoms with E-state index in [9.17, 15) is 14.7 Å². The van der Waals surface area contributed by atoms with Crippen molar-refractivity contribution in [2.75, 3.05) is 13.2 Å². The van der Waals surface area contributed by atoms with Gasteiger partial charge in [-0.3, -0.25) is 4.79 Å². The average molecular weight is 319 g/mol. The SMILES string of the molecule is CC(C)(CC(=O)NC(C(=O)O)C1CCCOC1)c1ccccc1. The van der Waals surface area contributed by atoms with Crippen LogP contribution in [0.2, 0.25) is 0 Å². The highest BCUT2D eigenvalue weighted by molar-refractivity contribution is 5.84. The van der Waals surface area contributed by atoms with Crippen LogP contribution in [0.25, 0.3) is 0 Å². The summed E-state index contributed by atoms with van der Waals surface area (Å²) in [5.74, 6) is -1.40. The number of carboxylic acids is 1. The maximum absolute atomic E-state index is 12.4. The van der Waals surface area contributed by atoms with Crippen LogP contribution in [-0.4, -0.2) is 36.2 Å². The maximum Gasteiger partial charge on any atom is 0.326 e. The van der Waals surface area contributed by atoms with Crippen molar-refractivity contribution >= 4 is 11.9 Å².